The molecule has 0 spiro atoms. The number of methoxy groups -OCH3 is 1. The van der Waals surface area contributed by atoms with Crippen molar-refractivity contribution < 1.29 is 19.1 Å². The van der Waals surface area contributed by atoms with Crippen LogP contribution in [0.5, 0.6) is 5.75 Å². The highest BCUT2D eigenvalue weighted by Crippen LogP contribution is 2.63. The van der Waals surface area contributed by atoms with Crippen LogP contribution in [0, 0.1) is 11.8 Å². The first-order valence-corrected chi connectivity index (χ1v) is 10.8. The van der Waals surface area contributed by atoms with Gasteiger partial charge in [0.15, 0.2) is 0 Å². The second kappa shape index (κ2) is 6.46. The van der Waals surface area contributed by atoms with Crippen LogP contribution in [0.1, 0.15) is 50.2 Å². The number of likely N-dealkylation sites (tertiary alicyclic amines) is 1. The van der Waals surface area contributed by atoms with Crippen LogP contribution >= 0.6 is 0 Å². The zero-order valence-corrected chi connectivity index (χ0v) is 17.3. The number of esters is 1. The van der Waals surface area contributed by atoms with E-state index in [4.69, 9.17) is 15.2 Å². The van der Waals surface area contributed by atoms with Gasteiger partial charge in [-0.25, -0.2) is 0 Å². The van der Waals surface area contributed by atoms with Crippen LogP contribution in [-0.4, -0.2) is 48.6 Å². The number of piperidine rings is 1. The maximum atomic E-state index is 12.3. The van der Waals surface area contributed by atoms with Crippen molar-refractivity contribution >= 4 is 11.9 Å². The van der Waals surface area contributed by atoms with E-state index in [0.29, 0.717) is 12.8 Å². The number of hydrogen-bond donors (Lipinski definition) is 1. The van der Waals surface area contributed by atoms with E-state index < -0.39 is 5.60 Å². The minimum atomic E-state index is -0.703. The molecule has 29 heavy (non-hydrogen) atoms. The molecular formula is C23H30N2O4. The predicted octanol–water partition coefficient (Wildman–Crippen LogP) is 2.17. The van der Waals surface area contributed by atoms with Crippen LogP contribution in [-0.2, 0) is 26.2 Å². The molecule has 1 amide bonds. The van der Waals surface area contributed by atoms with E-state index in [-0.39, 0.29) is 29.3 Å². The summed E-state index contributed by atoms with van der Waals surface area (Å²) >= 11 is 0. The lowest BCUT2D eigenvalue weighted by Gasteiger charge is -2.60. The van der Waals surface area contributed by atoms with Gasteiger partial charge in [-0.2, -0.15) is 0 Å². The summed E-state index contributed by atoms with van der Waals surface area (Å²) < 4.78 is 11.8. The van der Waals surface area contributed by atoms with Crippen LogP contribution < -0.4 is 10.5 Å². The monoisotopic (exact) mass is 398 g/mol. The third kappa shape index (κ3) is 2.71. The highest BCUT2D eigenvalue weighted by Gasteiger charge is 2.70. The van der Waals surface area contributed by atoms with Crippen molar-refractivity contribution in [1.82, 2.24) is 4.90 Å². The fourth-order valence-electron chi connectivity index (χ4n) is 6.58. The van der Waals surface area contributed by atoms with Gasteiger partial charge in [0.05, 0.1) is 13.2 Å². The van der Waals surface area contributed by atoms with E-state index in [1.165, 1.54) is 30.9 Å². The van der Waals surface area contributed by atoms with Crippen LogP contribution in [0.4, 0.5) is 0 Å². The molecule has 2 bridgehead atoms. The molecule has 1 aromatic carbocycles. The number of carbonyl (C=O) groups is 2. The molecule has 1 unspecified atom stereocenters. The Morgan fingerprint density at radius 3 is 2.72 bits per heavy atom. The Morgan fingerprint density at radius 2 is 2.07 bits per heavy atom. The maximum absolute atomic E-state index is 12.3. The normalized spacial score (nSPS) is 35.5. The molecule has 0 radical (unpaired) electrons. The van der Waals surface area contributed by atoms with E-state index in [1.807, 2.05) is 6.07 Å². The predicted molar refractivity (Wildman–Crippen MR) is 107 cm³/mol. The van der Waals surface area contributed by atoms with Crippen molar-refractivity contribution in [2.45, 2.75) is 62.5 Å². The molecule has 156 valence electrons. The molecule has 4 atom stereocenters. The first-order chi connectivity index (χ1) is 13.9. The van der Waals surface area contributed by atoms with Gasteiger partial charge in [0.1, 0.15) is 11.4 Å². The van der Waals surface area contributed by atoms with Gasteiger partial charge in [0.25, 0.3) is 0 Å². The number of nitrogens with zero attached hydrogens (tertiary/aromatic N) is 1. The second-order valence-corrected chi connectivity index (χ2v) is 9.50. The Labute approximate surface area is 171 Å². The maximum Gasteiger partial charge on any atom is 0.303 e. The quantitative estimate of drug-likeness (QED) is 0.769. The third-order valence-electron chi connectivity index (χ3n) is 7.92. The molecule has 1 aliphatic heterocycles. The van der Waals surface area contributed by atoms with Crippen LogP contribution in [0.25, 0.3) is 0 Å². The summed E-state index contributed by atoms with van der Waals surface area (Å²) in [5, 5.41) is 0. The van der Waals surface area contributed by atoms with Gasteiger partial charge in [0, 0.05) is 31.2 Å². The Hall–Kier alpha value is -2.08. The average Bonchev–Trinajstić information content (AvgIpc) is 3.41. The summed E-state index contributed by atoms with van der Waals surface area (Å²) in [6.45, 7) is 3.50. The first kappa shape index (κ1) is 18.9. The molecule has 1 heterocycles. The van der Waals surface area contributed by atoms with Crippen molar-refractivity contribution in [2.24, 2.45) is 17.6 Å². The minimum absolute atomic E-state index is 0.0889. The highest BCUT2D eigenvalue weighted by molar-refractivity contribution is 5.78. The number of hydrogen-bond acceptors (Lipinski definition) is 5. The summed E-state index contributed by atoms with van der Waals surface area (Å²) in [7, 11) is 1.67. The van der Waals surface area contributed by atoms with E-state index in [0.717, 1.165) is 37.6 Å². The topological polar surface area (TPSA) is 81.9 Å². The lowest BCUT2D eigenvalue weighted by atomic mass is 9.56. The van der Waals surface area contributed by atoms with Gasteiger partial charge in [-0.15, -0.1) is 0 Å². The van der Waals surface area contributed by atoms with Gasteiger partial charge >= 0.3 is 5.97 Å². The number of amides is 1. The second-order valence-electron chi connectivity index (χ2n) is 9.50. The Kier molecular flexibility index (Phi) is 4.21. The number of fused-ring (bicyclic) bond motifs is 1. The first-order valence-electron chi connectivity index (χ1n) is 10.8. The fraction of sp³-hybridized carbons (Fsp3) is 0.652. The number of nitrogens with two attached hydrogens (primary N) is 1. The van der Waals surface area contributed by atoms with Crippen molar-refractivity contribution in [2.75, 3.05) is 20.2 Å². The smallest absolute Gasteiger partial charge is 0.303 e. The van der Waals surface area contributed by atoms with E-state index in [1.54, 1.807) is 7.11 Å². The Morgan fingerprint density at radius 1 is 1.28 bits per heavy atom. The van der Waals surface area contributed by atoms with E-state index in [9.17, 15) is 9.59 Å². The number of ether oxygens (including phenoxy) is 2. The standard InChI is InChI=1S/C23H30N2O4/c1-14(26)29-23-12-17(21(24)27)11-22(23)7-8-25(13-15-3-4-15)20(23)9-16-5-6-18(28-2)10-19(16)22/h5-6,10,15,17,20H,3-4,7-9,11-13H2,1-2H3,(H2,24,27)/t17?,20-,22-,23-/m1/s1. The van der Waals surface area contributed by atoms with Gasteiger partial charge in [-0.3, -0.25) is 14.5 Å². The number of carbonyl (C=O) groups excluding carboxylic acids is 2. The van der Waals surface area contributed by atoms with Gasteiger partial charge in [-0.1, -0.05) is 6.07 Å². The van der Waals surface area contributed by atoms with Gasteiger partial charge in [0.2, 0.25) is 5.91 Å². The Balaban J connectivity index is 1.69. The molecule has 0 aromatic heterocycles. The SMILES string of the molecule is COc1ccc2c(c1)[C@]13CCN(CC4CC4)[C@H](C2)[C@]1(OC(C)=O)CC(C(N)=O)C3. The average molecular weight is 399 g/mol. The highest BCUT2D eigenvalue weighted by atomic mass is 16.6. The third-order valence-corrected chi connectivity index (χ3v) is 7.92. The van der Waals surface area contributed by atoms with Crippen molar-refractivity contribution in [3.05, 3.63) is 29.3 Å². The van der Waals surface area contributed by atoms with Gasteiger partial charge in [-0.05, 0) is 67.8 Å². The molecule has 3 aliphatic carbocycles. The molecule has 5 rings (SSSR count). The molecular weight excluding hydrogens is 368 g/mol. The molecule has 2 saturated carbocycles. The van der Waals surface area contributed by atoms with Crippen molar-refractivity contribution in [1.29, 1.82) is 0 Å². The zero-order valence-electron chi connectivity index (χ0n) is 17.3. The zero-order chi connectivity index (χ0) is 20.4. The summed E-state index contributed by atoms with van der Waals surface area (Å²) in [4.78, 5) is 27.2. The minimum Gasteiger partial charge on any atom is -0.497 e. The lowest BCUT2D eigenvalue weighted by Crippen LogP contribution is -2.70. The van der Waals surface area contributed by atoms with E-state index >= 15 is 0 Å². The van der Waals surface area contributed by atoms with Crippen LogP contribution in [0.3, 0.4) is 0 Å². The molecule has 2 N–H and O–H groups in total. The van der Waals surface area contributed by atoms with Crippen molar-refractivity contribution in [3.8, 4) is 5.75 Å². The van der Waals surface area contributed by atoms with Gasteiger partial charge < -0.3 is 15.2 Å². The van der Waals surface area contributed by atoms with Crippen LogP contribution in [0.2, 0.25) is 0 Å². The lowest BCUT2D eigenvalue weighted by molar-refractivity contribution is -0.189. The Bertz CT molecular complexity index is 866. The number of rotatable bonds is 5. The van der Waals surface area contributed by atoms with Crippen LogP contribution in [0.15, 0.2) is 18.2 Å². The van der Waals surface area contributed by atoms with Crippen molar-refractivity contribution in [3.63, 3.8) is 0 Å². The fourth-order valence-corrected chi connectivity index (χ4v) is 6.58. The molecule has 6 nitrogen and oxygen atoms in total. The molecule has 3 fully saturated rings. The summed E-state index contributed by atoms with van der Waals surface area (Å²) in [6.07, 6.45) is 5.42. The summed E-state index contributed by atoms with van der Waals surface area (Å²) in [5.41, 5.74) is 7.18. The van der Waals surface area contributed by atoms with E-state index in [2.05, 4.69) is 17.0 Å². The number of primary amides is 1. The molecule has 4 aliphatic rings. The summed E-state index contributed by atoms with van der Waals surface area (Å²) in [5.74, 6) is 0.710. The summed E-state index contributed by atoms with van der Waals surface area (Å²) in [6, 6.07) is 6.35. The largest absolute Gasteiger partial charge is 0.497 e. The molecule has 6 heteroatoms. The molecule has 1 aromatic rings. The molecule has 1 saturated heterocycles. The number of benzene rings is 1.